The predicted molar refractivity (Wildman–Crippen MR) is 88.0 cm³/mol. The maximum atomic E-state index is 12.3. The molecule has 0 spiro atoms. The molecule has 3 rings (SSSR count). The first-order valence-electron chi connectivity index (χ1n) is 6.51. The zero-order valence-electron chi connectivity index (χ0n) is 11.3. The molecule has 0 atom stereocenters. The quantitative estimate of drug-likeness (QED) is 0.771. The van der Waals surface area contributed by atoms with Crippen LogP contribution in [-0.2, 0) is 0 Å². The van der Waals surface area contributed by atoms with Crippen LogP contribution in [0.3, 0.4) is 0 Å². The number of benzene rings is 2. The molecule has 0 radical (unpaired) electrons. The zero-order chi connectivity index (χ0) is 15.5. The number of carbonyl (C=O) groups is 1. The van der Waals surface area contributed by atoms with Gasteiger partial charge in [0.2, 0.25) is 0 Å². The number of nitrogens with one attached hydrogen (secondary N) is 1. The summed E-state index contributed by atoms with van der Waals surface area (Å²) in [7, 11) is 0. The fraction of sp³-hybridized carbons (Fsp3) is 0. The molecule has 0 aliphatic rings. The summed E-state index contributed by atoms with van der Waals surface area (Å²) in [6.07, 6.45) is 1.61. The summed E-state index contributed by atoms with van der Waals surface area (Å²) in [4.78, 5) is 12.3. The van der Waals surface area contributed by atoms with Crippen molar-refractivity contribution in [3.8, 4) is 5.69 Å². The number of hydrogen-bond acceptors (Lipinski definition) is 2. The van der Waals surface area contributed by atoms with Crippen LogP contribution in [0.2, 0.25) is 10.0 Å². The number of aromatic nitrogens is 2. The largest absolute Gasteiger partial charge is 0.306 e. The van der Waals surface area contributed by atoms with Crippen molar-refractivity contribution in [3.05, 3.63) is 76.4 Å². The fourth-order valence-corrected chi connectivity index (χ4v) is 2.36. The number of nitrogens with zero attached hydrogens (tertiary/aromatic N) is 2. The lowest BCUT2D eigenvalue weighted by molar-refractivity contribution is 0.102. The van der Waals surface area contributed by atoms with Crippen LogP contribution >= 0.6 is 23.2 Å². The van der Waals surface area contributed by atoms with E-state index in [9.17, 15) is 4.79 Å². The molecule has 0 aliphatic carbocycles. The van der Waals surface area contributed by atoms with Crippen molar-refractivity contribution in [2.75, 3.05) is 5.32 Å². The maximum Gasteiger partial charge on any atom is 0.258 e. The Morgan fingerprint density at radius 3 is 2.45 bits per heavy atom. The molecule has 2 aromatic carbocycles. The van der Waals surface area contributed by atoms with Gasteiger partial charge in [0, 0.05) is 11.1 Å². The molecule has 4 nitrogen and oxygen atoms in total. The Labute approximate surface area is 137 Å². The van der Waals surface area contributed by atoms with Gasteiger partial charge in [-0.15, -0.1) is 0 Å². The van der Waals surface area contributed by atoms with Gasteiger partial charge in [0.15, 0.2) is 0 Å². The molecule has 1 amide bonds. The molecule has 3 aromatic rings. The van der Waals surface area contributed by atoms with Crippen LogP contribution in [0.4, 0.5) is 5.82 Å². The Kier molecular flexibility index (Phi) is 4.13. The average molecular weight is 332 g/mol. The van der Waals surface area contributed by atoms with E-state index in [1.54, 1.807) is 53.3 Å². The monoisotopic (exact) mass is 331 g/mol. The summed E-state index contributed by atoms with van der Waals surface area (Å²) in [5, 5.41) is 8.05. The smallest absolute Gasteiger partial charge is 0.258 e. The van der Waals surface area contributed by atoms with E-state index in [0.29, 0.717) is 21.4 Å². The van der Waals surface area contributed by atoms with Crippen molar-refractivity contribution < 1.29 is 4.79 Å². The number of rotatable bonds is 3. The molecular formula is C16H11Cl2N3O. The van der Waals surface area contributed by atoms with Crippen molar-refractivity contribution in [1.82, 2.24) is 9.78 Å². The van der Waals surface area contributed by atoms with E-state index >= 15 is 0 Å². The zero-order valence-corrected chi connectivity index (χ0v) is 12.8. The van der Waals surface area contributed by atoms with Crippen LogP contribution in [-0.4, -0.2) is 15.7 Å². The third-order valence-corrected chi connectivity index (χ3v) is 3.66. The predicted octanol–water partition coefficient (Wildman–Crippen LogP) is 4.43. The van der Waals surface area contributed by atoms with E-state index in [0.717, 1.165) is 5.69 Å². The summed E-state index contributed by atoms with van der Waals surface area (Å²) in [6, 6.07) is 15.8. The van der Waals surface area contributed by atoms with Crippen molar-refractivity contribution in [1.29, 1.82) is 0 Å². The highest BCUT2D eigenvalue weighted by Gasteiger charge is 2.13. The van der Waals surface area contributed by atoms with Gasteiger partial charge >= 0.3 is 0 Å². The molecule has 0 bridgehead atoms. The van der Waals surface area contributed by atoms with E-state index in [-0.39, 0.29) is 5.91 Å². The molecule has 1 heterocycles. The molecule has 1 N–H and O–H groups in total. The van der Waals surface area contributed by atoms with Gasteiger partial charge in [-0.25, -0.2) is 4.68 Å². The maximum absolute atomic E-state index is 12.3. The van der Waals surface area contributed by atoms with Gasteiger partial charge in [-0.2, -0.15) is 5.10 Å². The number of halogens is 2. The molecular weight excluding hydrogens is 321 g/mol. The topological polar surface area (TPSA) is 46.9 Å². The van der Waals surface area contributed by atoms with E-state index in [1.165, 1.54) is 0 Å². The summed E-state index contributed by atoms with van der Waals surface area (Å²) >= 11 is 11.9. The van der Waals surface area contributed by atoms with Crippen LogP contribution in [0.1, 0.15) is 10.4 Å². The van der Waals surface area contributed by atoms with Crippen LogP contribution in [0.25, 0.3) is 5.69 Å². The van der Waals surface area contributed by atoms with E-state index in [4.69, 9.17) is 23.2 Å². The first-order chi connectivity index (χ1) is 10.6. The molecule has 6 heteroatoms. The standard InChI is InChI=1S/C16H11Cl2N3O/c17-11-5-7-12(8-6-11)21-15(9-10-19-21)20-16(22)13-3-1-2-4-14(13)18/h1-10H,(H,20,22). The van der Waals surface area contributed by atoms with E-state index < -0.39 is 0 Å². The average Bonchev–Trinajstić information content (AvgIpc) is 2.96. The fourth-order valence-electron chi connectivity index (χ4n) is 2.02. The number of carbonyl (C=O) groups excluding carboxylic acids is 1. The molecule has 0 fully saturated rings. The second-order valence-corrected chi connectivity index (χ2v) is 5.38. The van der Waals surface area contributed by atoms with Crippen molar-refractivity contribution in [2.24, 2.45) is 0 Å². The Morgan fingerprint density at radius 2 is 1.73 bits per heavy atom. The Bertz CT molecular complexity index is 812. The number of anilines is 1. The normalized spacial score (nSPS) is 10.5. The summed E-state index contributed by atoms with van der Waals surface area (Å²) in [6.45, 7) is 0. The second kappa shape index (κ2) is 6.22. The molecule has 1 aromatic heterocycles. The minimum atomic E-state index is -0.290. The molecule has 22 heavy (non-hydrogen) atoms. The third kappa shape index (κ3) is 2.98. The van der Waals surface area contributed by atoms with Gasteiger partial charge in [-0.3, -0.25) is 4.79 Å². The number of amides is 1. The molecule has 0 aliphatic heterocycles. The summed E-state index contributed by atoms with van der Waals surface area (Å²) < 4.78 is 1.62. The van der Waals surface area contributed by atoms with E-state index in [1.807, 2.05) is 12.1 Å². The summed E-state index contributed by atoms with van der Waals surface area (Å²) in [5.41, 5.74) is 1.21. The van der Waals surface area contributed by atoms with Crippen molar-refractivity contribution in [2.45, 2.75) is 0 Å². The van der Waals surface area contributed by atoms with Gasteiger partial charge < -0.3 is 5.32 Å². The van der Waals surface area contributed by atoms with Gasteiger partial charge in [-0.05, 0) is 36.4 Å². The Morgan fingerprint density at radius 1 is 1.00 bits per heavy atom. The molecule has 0 saturated carbocycles. The molecule has 110 valence electrons. The lowest BCUT2D eigenvalue weighted by atomic mass is 10.2. The lowest BCUT2D eigenvalue weighted by Gasteiger charge is -2.09. The minimum Gasteiger partial charge on any atom is -0.306 e. The summed E-state index contributed by atoms with van der Waals surface area (Å²) in [5.74, 6) is 0.258. The Hall–Kier alpha value is -2.30. The molecule has 0 saturated heterocycles. The SMILES string of the molecule is O=C(Nc1ccnn1-c1ccc(Cl)cc1)c1ccccc1Cl. The van der Waals surface area contributed by atoms with Crippen LogP contribution in [0, 0.1) is 0 Å². The van der Waals surface area contributed by atoms with Crippen LogP contribution in [0.5, 0.6) is 0 Å². The van der Waals surface area contributed by atoms with Crippen LogP contribution < -0.4 is 5.32 Å². The highest BCUT2D eigenvalue weighted by Crippen LogP contribution is 2.20. The Balaban J connectivity index is 1.88. The lowest BCUT2D eigenvalue weighted by Crippen LogP contribution is -2.15. The number of hydrogen-bond donors (Lipinski definition) is 1. The van der Waals surface area contributed by atoms with E-state index in [2.05, 4.69) is 10.4 Å². The third-order valence-electron chi connectivity index (χ3n) is 3.07. The van der Waals surface area contributed by atoms with Gasteiger partial charge in [0.05, 0.1) is 22.5 Å². The second-order valence-electron chi connectivity index (χ2n) is 4.54. The molecule has 0 unspecified atom stereocenters. The highest BCUT2D eigenvalue weighted by molar-refractivity contribution is 6.34. The highest BCUT2D eigenvalue weighted by atomic mass is 35.5. The van der Waals surface area contributed by atoms with Crippen molar-refractivity contribution >= 4 is 34.9 Å². The van der Waals surface area contributed by atoms with Gasteiger partial charge in [0.25, 0.3) is 5.91 Å². The first-order valence-corrected chi connectivity index (χ1v) is 7.26. The van der Waals surface area contributed by atoms with Crippen molar-refractivity contribution in [3.63, 3.8) is 0 Å². The minimum absolute atomic E-state index is 0.290. The first kappa shape index (κ1) is 14.6. The van der Waals surface area contributed by atoms with Crippen LogP contribution in [0.15, 0.2) is 60.8 Å². The van der Waals surface area contributed by atoms with Gasteiger partial charge in [0.1, 0.15) is 5.82 Å². The van der Waals surface area contributed by atoms with Gasteiger partial charge in [-0.1, -0.05) is 35.3 Å².